The minimum absolute atomic E-state index is 0.00167. The minimum atomic E-state index is -1.18. The fourth-order valence-corrected chi connectivity index (χ4v) is 5.47. The first-order valence-corrected chi connectivity index (χ1v) is 16.4. The number of rotatable bonds is 17. The van der Waals surface area contributed by atoms with Crippen molar-refractivity contribution in [2.24, 2.45) is 17.6 Å². The van der Waals surface area contributed by atoms with Crippen LogP contribution in [0, 0.1) is 11.8 Å². The van der Waals surface area contributed by atoms with Crippen molar-refractivity contribution in [1.82, 2.24) is 20.9 Å². The second kappa shape index (κ2) is 18.3. The smallest absolute Gasteiger partial charge is 0.408 e. The summed E-state index contributed by atoms with van der Waals surface area (Å²) in [5, 5.41) is 9.45. The van der Waals surface area contributed by atoms with Gasteiger partial charge in [0.15, 0.2) is 0 Å². The van der Waals surface area contributed by atoms with Gasteiger partial charge in [-0.25, -0.2) is 4.79 Å². The predicted octanol–water partition coefficient (Wildman–Crippen LogP) is 3.25. The number of alkyl carbamates (subject to hydrolysis) is 1. The number of hydrogen-bond donors (Lipinski definition) is 4. The van der Waals surface area contributed by atoms with Crippen LogP contribution >= 0.6 is 0 Å². The van der Waals surface area contributed by atoms with Gasteiger partial charge < -0.3 is 31.3 Å². The summed E-state index contributed by atoms with van der Waals surface area (Å²) in [5.41, 5.74) is 7.12. The molecule has 262 valence electrons. The Morgan fingerprint density at radius 1 is 0.816 bits per heavy atom. The zero-order chi connectivity index (χ0) is 36.1. The van der Waals surface area contributed by atoms with Gasteiger partial charge in [-0.1, -0.05) is 107 Å². The van der Waals surface area contributed by atoms with Crippen LogP contribution in [0.5, 0.6) is 0 Å². The van der Waals surface area contributed by atoms with Crippen molar-refractivity contribution in [3.05, 3.63) is 83.9 Å². The van der Waals surface area contributed by atoms with Crippen molar-refractivity contribution in [2.75, 3.05) is 13.6 Å². The summed E-state index contributed by atoms with van der Waals surface area (Å²) >= 11 is 0. The van der Waals surface area contributed by atoms with Gasteiger partial charge in [-0.3, -0.25) is 24.0 Å². The van der Waals surface area contributed by atoms with Crippen LogP contribution in [0.15, 0.2) is 72.8 Å². The van der Waals surface area contributed by atoms with Crippen LogP contribution in [0.1, 0.15) is 51.7 Å². The number of fused-ring (bicyclic) bond motifs is 1. The lowest BCUT2D eigenvalue weighted by Gasteiger charge is -2.34. The van der Waals surface area contributed by atoms with Gasteiger partial charge in [-0.2, -0.15) is 0 Å². The Balaban J connectivity index is 1.63. The van der Waals surface area contributed by atoms with E-state index in [1.165, 1.54) is 11.9 Å². The number of hydrogen-bond acceptors (Lipinski definition) is 7. The van der Waals surface area contributed by atoms with Crippen molar-refractivity contribution in [3.63, 3.8) is 0 Å². The number of Topliss-reactive ketones (excluding diaryl/α,β-unsaturated/α-hetero) is 1. The summed E-state index contributed by atoms with van der Waals surface area (Å²) in [6, 6.07) is 19.2. The monoisotopic (exact) mass is 673 g/mol. The molecular weight excluding hydrogens is 626 g/mol. The molecule has 5 N–H and O–H groups in total. The summed E-state index contributed by atoms with van der Waals surface area (Å²) in [7, 11) is 1.41. The molecule has 0 saturated heterocycles. The number of amides is 5. The molecule has 0 aliphatic heterocycles. The Kier molecular flexibility index (Phi) is 14.3. The zero-order valence-corrected chi connectivity index (χ0v) is 28.7. The highest BCUT2D eigenvalue weighted by molar-refractivity contribution is 6.38. The van der Waals surface area contributed by atoms with E-state index in [1.807, 2.05) is 81.4 Å². The number of likely N-dealkylation sites (N-methyl/N-ethyl adjacent to an activating group) is 1. The van der Waals surface area contributed by atoms with Gasteiger partial charge in [0.1, 0.15) is 24.7 Å². The third-order valence-electron chi connectivity index (χ3n) is 8.29. The Labute approximate surface area is 287 Å². The van der Waals surface area contributed by atoms with E-state index < -0.39 is 66.1 Å². The number of nitrogens with two attached hydrogens (primary N) is 1. The van der Waals surface area contributed by atoms with E-state index in [2.05, 4.69) is 16.0 Å². The molecule has 0 spiro atoms. The molecule has 12 heteroatoms. The lowest BCUT2D eigenvalue weighted by atomic mass is 9.92. The first-order chi connectivity index (χ1) is 23.3. The van der Waals surface area contributed by atoms with Crippen molar-refractivity contribution in [2.45, 2.75) is 71.7 Å². The maximum atomic E-state index is 13.7. The molecule has 0 bridgehead atoms. The summed E-state index contributed by atoms with van der Waals surface area (Å²) in [4.78, 5) is 79.0. The second-order valence-electron chi connectivity index (χ2n) is 12.6. The van der Waals surface area contributed by atoms with Gasteiger partial charge in [0.25, 0.3) is 5.91 Å². The molecule has 0 aliphatic carbocycles. The normalized spacial score (nSPS) is 13.4. The number of nitrogens with one attached hydrogen (secondary N) is 3. The number of carbonyl (C=O) groups is 6. The number of ether oxygens (including phenoxy) is 1. The van der Waals surface area contributed by atoms with Gasteiger partial charge in [-0.15, -0.1) is 0 Å². The SMILES string of the molecule is CC[C@H](C)C(C(=O)C(=O)NCC(=O)N[C@@H](Cc1ccc2ccccc2c1)C(N)=O)N(C)C(=O)[C@H](CC(C)C)NC(=O)OCc1ccccc1. The maximum Gasteiger partial charge on any atom is 0.408 e. The minimum Gasteiger partial charge on any atom is -0.445 e. The topological polar surface area (TPSA) is 177 Å². The summed E-state index contributed by atoms with van der Waals surface area (Å²) in [6.07, 6.45) is 0.0598. The van der Waals surface area contributed by atoms with Gasteiger partial charge >= 0.3 is 6.09 Å². The highest BCUT2D eigenvalue weighted by Crippen LogP contribution is 2.19. The molecule has 1 unspecified atom stereocenters. The van der Waals surface area contributed by atoms with Crippen LogP contribution in [0.4, 0.5) is 4.79 Å². The Bertz CT molecular complexity index is 1630. The number of ketones is 1. The highest BCUT2D eigenvalue weighted by atomic mass is 16.5. The predicted molar refractivity (Wildman–Crippen MR) is 186 cm³/mol. The molecular formula is C37H47N5O7. The Hall–Kier alpha value is -5.26. The quantitative estimate of drug-likeness (QED) is 0.159. The third-order valence-corrected chi connectivity index (χ3v) is 8.29. The van der Waals surface area contributed by atoms with Crippen LogP contribution in [-0.4, -0.2) is 72.1 Å². The maximum absolute atomic E-state index is 13.7. The van der Waals surface area contributed by atoms with E-state index in [1.54, 1.807) is 19.1 Å². The van der Waals surface area contributed by atoms with Crippen molar-refractivity contribution >= 4 is 46.3 Å². The van der Waals surface area contributed by atoms with Crippen LogP contribution in [0.25, 0.3) is 10.8 Å². The standard InChI is InChI=1S/C37H47N5O7/c1-6-24(4)32(42(5)36(47)30(18-23(2)3)41-37(48)49-22-25-12-8-7-9-13-25)33(44)35(46)39-21-31(43)40-29(34(38)45)20-26-16-17-27-14-10-11-15-28(27)19-26/h7-17,19,23-24,29-30,32H,6,18,20-22H2,1-5H3,(H2,38,45)(H,39,46)(H,40,43)(H,41,48)/t24-,29-,30-,32?/m0/s1. The first kappa shape index (κ1) is 38.2. The molecule has 0 aliphatic rings. The van der Waals surface area contributed by atoms with Gasteiger partial charge in [0.05, 0.1) is 6.54 Å². The molecule has 3 aromatic rings. The van der Waals surface area contributed by atoms with Crippen molar-refractivity contribution < 1.29 is 33.5 Å². The molecule has 0 heterocycles. The van der Waals surface area contributed by atoms with E-state index in [-0.39, 0.29) is 25.4 Å². The van der Waals surface area contributed by atoms with Crippen molar-refractivity contribution in [1.29, 1.82) is 0 Å². The number of nitrogens with zero attached hydrogens (tertiary/aromatic N) is 1. The lowest BCUT2D eigenvalue weighted by Crippen LogP contribution is -2.57. The van der Waals surface area contributed by atoms with E-state index in [0.29, 0.717) is 6.42 Å². The average Bonchev–Trinajstić information content (AvgIpc) is 3.08. The number of carbonyl (C=O) groups excluding carboxylic acids is 6. The lowest BCUT2D eigenvalue weighted by molar-refractivity contribution is -0.147. The van der Waals surface area contributed by atoms with E-state index in [0.717, 1.165) is 21.9 Å². The van der Waals surface area contributed by atoms with Gasteiger partial charge in [-0.05, 0) is 40.2 Å². The number of benzene rings is 3. The summed E-state index contributed by atoms with van der Waals surface area (Å²) in [5.74, 6) is -4.46. The van der Waals surface area contributed by atoms with E-state index in [4.69, 9.17) is 10.5 Å². The fourth-order valence-electron chi connectivity index (χ4n) is 5.47. The molecule has 49 heavy (non-hydrogen) atoms. The zero-order valence-electron chi connectivity index (χ0n) is 28.7. The molecule has 3 rings (SSSR count). The Morgan fingerprint density at radius 2 is 1.47 bits per heavy atom. The van der Waals surface area contributed by atoms with Gasteiger partial charge in [0.2, 0.25) is 23.5 Å². The summed E-state index contributed by atoms with van der Waals surface area (Å²) in [6.45, 7) is 6.74. The van der Waals surface area contributed by atoms with Crippen LogP contribution in [0.2, 0.25) is 0 Å². The second-order valence-corrected chi connectivity index (χ2v) is 12.6. The molecule has 5 amide bonds. The molecule has 0 radical (unpaired) electrons. The number of primary amides is 1. The fraction of sp³-hybridized carbons (Fsp3) is 0.405. The van der Waals surface area contributed by atoms with E-state index in [9.17, 15) is 28.8 Å². The van der Waals surface area contributed by atoms with Crippen molar-refractivity contribution in [3.8, 4) is 0 Å². The van der Waals surface area contributed by atoms with Gasteiger partial charge in [0, 0.05) is 13.5 Å². The largest absolute Gasteiger partial charge is 0.445 e. The Morgan fingerprint density at radius 3 is 2.10 bits per heavy atom. The van der Waals surface area contributed by atoms with E-state index >= 15 is 0 Å². The molecule has 0 saturated carbocycles. The molecule has 0 fully saturated rings. The van der Waals surface area contributed by atoms with Crippen LogP contribution in [-0.2, 0) is 41.7 Å². The first-order valence-electron chi connectivity index (χ1n) is 16.4. The third kappa shape index (κ3) is 11.4. The molecule has 4 atom stereocenters. The molecule has 3 aromatic carbocycles. The summed E-state index contributed by atoms with van der Waals surface area (Å²) < 4.78 is 5.31. The average molecular weight is 674 g/mol. The molecule has 0 aromatic heterocycles. The highest BCUT2D eigenvalue weighted by Gasteiger charge is 2.38. The molecule has 12 nitrogen and oxygen atoms in total. The van der Waals surface area contributed by atoms with Crippen LogP contribution < -0.4 is 21.7 Å². The van der Waals surface area contributed by atoms with Crippen LogP contribution in [0.3, 0.4) is 0 Å².